The van der Waals surface area contributed by atoms with Gasteiger partial charge in [-0.25, -0.2) is 0 Å². The molecule has 0 amide bonds. The summed E-state index contributed by atoms with van der Waals surface area (Å²) in [5, 5.41) is 17.2. The molecule has 2 rings (SSSR count). The summed E-state index contributed by atoms with van der Waals surface area (Å²) in [6, 6.07) is 7.56. The van der Waals surface area contributed by atoms with Crippen molar-refractivity contribution < 1.29 is 19.3 Å². The van der Waals surface area contributed by atoms with Gasteiger partial charge in [-0.3, -0.25) is 9.89 Å². The predicted octanol–water partition coefficient (Wildman–Crippen LogP) is 1.72. The summed E-state index contributed by atoms with van der Waals surface area (Å²) in [4.78, 5) is 6.78. The van der Waals surface area contributed by atoms with E-state index in [-0.39, 0.29) is 24.0 Å². The summed E-state index contributed by atoms with van der Waals surface area (Å²) in [5.41, 5.74) is -0.878. The van der Waals surface area contributed by atoms with Gasteiger partial charge in [0.2, 0.25) is 0 Å². The third-order valence-corrected chi connectivity index (χ3v) is 4.53. The van der Waals surface area contributed by atoms with Gasteiger partial charge >= 0.3 is 0 Å². The van der Waals surface area contributed by atoms with Crippen LogP contribution in [0, 0.1) is 0 Å². The summed E-state index contributed by atoms with van der Waals surface area (Å²) < 4.78 is 16.2. The number of aliphatic imine (C=N–C) groups is 1. The molecule has 1 aromatic rings. The van der Waals surface area contributed by atoms with E-state index in [1.54, 1.807) is 7.11 Å². The van der Waals surface area contributed by atoms with Crippen molar-refractivity contribution in [1.29, 1.82) is 0 Å². The largest absolute Gasteiger partial charge is 0.497 e. The van der Waals surface area contributed by atoms with Crippen LogP contribution >= 0.6 is 24.0 Å². The molecule has 1 aromatic carbocycles. The van der Waals surface area contributed by atoms with Crippen LogP contribution in [0.4, 0.5) is 0 Å². The second-order valence-corrected chi connectivity index (χ2v) is 7.38. The zero-order valence-electron chi connectivity index (χ0n) is 18.4. The van der Waals surface area contributed by atoms with Crippen LogP contribution in [0.5, 0.6) is 11.5 Å². The topological polar surface area (TPSA) is 87.6 Å². The standard InChI is InChI=1S/C21H36N4O4.HI/c1-4-22-20(24-16-21(2,26)17-25-11-14-28-15-12-25)23-10-5-13-29-19-8-6-18(27-3)7-9-19;/h6-9,26H,4-5,10-17H2,1-3H3,(H2,22,23,24);1H. The van der Waals surface area contributed by atoms with E-state index in [0.717, 1.165) is 57.3 Å². The van der Waals surface area contributed by atoms with Gasteiger partial charge < -0.3 is 30.0 Å². The quantitative estimate of drug-likeness (QED) is 0.172. The van der Waals surface area contributed by atoms with E-state index in [9.17, 15) is 5.11 Å². The molecule has 0 aliphatic carbocycles. The number of benzene rings is 1. The maximum atomic E-state index is 10.7. The van der Waals surface area contributed by atoms with Crippen LogP contribution in [0.15, 0.2) is 29.3 Å². The molecule has 1 saturated heterocycles. The fraction of sp³-hybridized carbons (Fsp3) is 0.667. The van der Waals surface area contributed by atoms with E-state index in [0.29, 0.717) is 25.7 Å². The van der Waals surface area contributed by atoms with Gasteiger partial charge in [-0.2, -0.15) is 0 Å². The Kier molecular flexibility index (Phi) is 13.1. The zero-order valence-corrected chi connectivity index (χ0v) is 20.7. The number of guanidine groups is 1. The van der Waals surface area contributed by atoms with Crippen molar-refractivity contribution in [3.8, 4) is 11.5 Å². The second-order valence-electron chi connectivity index (χ2n) is 7.38. The number of morpholine rings is 1. The van der Waals surface area contributed by atoms with Crippen LogP contribution in [0.3, 0.4) is 0 Å². The average molecular weight is 536 g/mol. The lowest BCUT2D eigenvalue weighted by Gasteiger charge is -2.33. The molecule has 0 radical (unpaired) electrons. The SMILES string of the molecule is CCNC(=NCC(C)(O)CN1CCOCC1)NCCCOc1ccc(OC)cc1.I. The monoisotopic (exact) mass is 536 g/mol. The Morgan fingerprint density at radius 1 is 1.20 bits per heavy atom. The lowest BCUT2D eigenvalue weighted by Crippen LogP contribution is -2.48. The Hall–Kier alpha value is -1.30. The summed E-state index contributed by atoms with van der Waals surface area (Å²) >= 11 is 0. The number of methoxy groups -OCH3 is 1. The number of hydrogen-bond acceptors (Lipinski definition) is 6. The molecule has 1 heterocycles. The molecule has 3 N–H and O–H groups in total. The second kappa shape index (κ2) is 14.7. The summed E-state index contributed by atoms with van der Waals surface area (Å²) in [5.74, 6) is 2.35. The van der Waals surface area contributed by atoms with Crippen LogP contribution in [0.1, 0.15) is 20.3 Å². The molecule has 1 aliphatic rings. The van der Waals surface area contributed by atoms with E-state index in [2.05, 4.69) is 20.5 Å². The van der Waals surface area contributed by atoms with Crippen LogP contribution in [-0.2, 0) is 4.74 Å². The molecule has 0 spiro atoms. The van der Waals surface area contributed by atoms with E-state index >= 15 is 0 Å². The highest BCUT2D eigenvalue weighted by Gasteiger charge is 2.25. The van der Waals surface area contributed by atoms with E-state index in [1.165, 1.54) is 0 Å². The number of ether oxygens (including phenoxy) is 3. The molecule has 0 aromatic heterocycles. The third kappa shape index (κ3) is 10.6. The van der Waals surface area contributed by atoms with Crippen LogP contribution in [0.2, 0.25) is 0 Å². The maximum Gasteiger partial charge on any atom is 0.191 e. The van der Waals surface area contributed by atoms with Crippen molar-refractivity contribution in [3.63, 3.8) is 0 Å². The van der Waals surface area contributed by atoms with Crippen LogP contribution < -0.4 is 20.1 Å². The fourth-order valence-electron chi connectivity index (χ4n) is 3.02. The van der Waals surface area contributed by atoms with Gasteiger partial charge in [0.15, 0.2) is 5.96 Å². The minimum atomic E-state index is -0.878. The molecule has 1 atom stereocenters. The summed E-state index contributed by atoms with van der Waals surface area (Å²) in [6.45, 7) is 10.0. The minimum absolute atomic E-state index is 0. The van der Waals surface area contributed by atoms with Gasteiger partial charge in [0.05, 0.1) is 39.1 Å². The highest BCUT2D eigenvalue weighted by atomic mass is 127. The van der Waals surface area contributed by atoms with Gasteiger partial charge in [-0.05, 0) is 44.5 Å². The van der Waals surface area contributed by atoms with Crippen molar-refractivity contribution in [2.24, 2.45) is 4.99 Å². The van der Waals surface area contributed by atoms with Gasteiger partial charge in [-0.15, -0.1) is 24.0 Å². The number of nitrogens with one attached hydrogen (secondary N) is 2. The third-order valence-electron chi connectivity index (χ3n) is 4.53. The molecule has 9 heteroatoms. The highest BCUT2D eigenvalue weighted by molar-refractivity contribution is 14.0. The molecule has 30 heavy (non-hydrogen) atoms. The molecule has 8 nitrogen and oxygen atoms in total. The molecule has 1 unspecified atom stereocenters. The van der Waals surface area contributed by atoms with Crippen molar-refractivity contribution in [3.05, 3.63) is 24.3 Å². The minimum Gasteiger partial charge on any atom is -0.497 e. The Morgan fingerprint density at radius 2 is 1.87 bits per heavy atom. The fourth-order valence-corrected chi connectivity index (χ4v) is 3.02. The van der Waals surface area contributed by atoms with Crippen molar-refractivity contribution >= 4 is 29.9 Å². The smallest absolute Gasteiger partial charge is 0.191 e. The first-order valence-corrected chi connectivity index (χ1v) is 10.3. The molecular weight excluding hydrogens is 499 g/mol. The molecule has 0 bridgehead atoms. The van der Waals surface area contributed by atoms with Crippen LogP contribution in [0.25, 0.3) is 0 Å². The molecule has 172 valence electrons. The molecule has 1 aliphatic heterocycles. The van der Waals surface area contributed by atoms with E-state index in [1.807, 2.05) is 38.1 Å². The number of rotatable bonds is 11. The Morgan fingerprint density at radius 3 is 2.50 bits per heavy atom. The molecular formula is C21H37IN4O4. The van der Waals surface area contributed by atoms with Crippen molar-refractivity contribution in [2.75, 3.05) is 66.2 Å². The van der Waals surface area contributed by atoms with Gasteiger partial charge in [0.1, 0.15) is 11.5 Å². The summed E-state index contributed by atoms with van der Waals surface area (Å²) in [7, 11) is 1.65. The maximum absolute atomic E-state index is 10.7. The predicted molar refractivity (Wildman–Crippen MR) is 130 cm³/mol. The van der Waals surface area contributed by atoms with Gasteiger partial charge in [0.25, 0.3) is 0 Å². The van der Waals surface area contributed by atoms with E-state index in [4.69, 9.17) is 14.2 Å². The number of hydrogen-bond donors (Lipinski definition) is 3. The number of aliphatic hydroxyl groups is 1. The van der Waals surface area contributed by atoms with E-state index < -0.39 is 5.60 Å². The van der Waals surface area contributed by atoms with Crippen molar-refractivity contribution in [1.82, 2.24) is 15.5 Å². The number of nitrogens with zero attached hydrogens (tertiary/aromatic N) is 2. The molecule has 0 saturated carbocycles. The Bertz CT molecular complexity index is 608. The Balaban J connectivity index is 0.00000450. The highest BCUT2D eigenvalue weighted by Crippen LogP contribution is 2.17. The normalized spacial score (nSPS) is 16.9. The van der Waals surface area contributed by atoms with Crippen molar-refractivity contribution in [2.45, 2.75) is 25.9 Å². The number of halogens is 1. The molecule has 1 fully saturated rings. The first-order valence-electron chi connectivity index (χ1n) is 10.3. The first-order chi connectivity index (χ1) is 14.0. The van der Waals surface area contributed by atoms with Crippen LogP contribution in [-0.4, -0.2) is 87.8 Å². The summed E-state index contributed by atoms with van der Waals surface area (Å²) in [6.07, 6.45) is 0.834. The Labute approximate surface area is 197 Å². The lowest BCUT2D eigenvalue weighted by atomic mass is 10.1. The number of β-amino-alcohol motifs (C(OH)–C–C–N with tert-alkyl or cyclic N) is 1. The lowest BCUT2D eigenvalue weighted by molar-refractivity contribution is -0.0180. The van der Waals surface area contributed by atoms with Gasteiger partial charge in [-0.1, -0.05) is 0 Å². The van der Waals surface area contributed by atoms with Gasteiger partial charge in [0, 0.05) is 32.7 Å². The first kappa shape index (κ1) is 26.7. The zero-order chi connectivity index (χ0) is 21.0. The average Bonchev–Trinajstić information content (AvgIpc) is 2.72.